The summed E-state index contributed by atoms with van der Waals surface area (Å²) in [4.78, 5) is 2.07. The largest absolute Gasteiger partial charge is 1.00 e. The van der Waals surface area contributed by atoms with Crippen molar-refractivity contribution in [1.82, 2.24) is 0 Å². The Morgan fingerprint density at radius 3 is 2.16 bits per heavy atom. The number of halogens is 3. The van der Waals surface area contributed by atoms with Gasteiger partial charge < -0.3 is 17.3 Å². The van der Waals surface area contributed by atoms with Gasteiger partial charge in [0.2, 0.25) is 0 Å². The summed E-state index contributed by atoms with van der Waals surface area (Å²) in [6.07, 6.45) is 4.11. The van der Waals surface area contributed by atoms with Crippen LogP contribution in [0.1, 0.15) is 5.56 Å². The van der Waals surface area contributed by atoms with E-state index in [1.54, 1.807) is 0 Å². The highest BCUT2D eigenvalue weighted by molar-refractivity contribution is 6.42. The van der Waals surface area contributed by atoms with E-state index in [9.17, 15) is 0 Å². The third-order valence-electron chi connectivity index (χ3n) is 2.74. The predicted octanol–water partition coefficient (Wildman–Crippen LogP) is 0.399. The van der Waals surface area contributed by atoms with Crippen LogP contribution in [0.5, 0.6) is 0 Å². The van der Waals surface area contributed by atoms with E-state index >= 15 is 0 Å². The van der Waals surface area contributed by atoms with Crippen LogP contribution in [0.4, 0.5) is 5.69 Å². The van der Waals surface area contributed by atoms with Crippen molar-refractivity contribution < 1.29 is 17.0 Å². The Morgan fingerprint density at radius 1 is 1.00 bits per heavy atom. The summed E-state index contributed by atoms with van der Waals surface area (Å²) in [5, 5.41) is 1.19. The molecule has 1 aromatic carbocycles. The second-order valence-electron chi connectivity index (χ2n) is 4.37. The molecule has 0 aliphatic carbocycles. The van der Waals surface area contributed by atoms with Crippen LogP contribution in [0.15, 0.2) is 42.7 Å². The second kappa shape index (κ2) is 6.99. The van der Waals surface area contributed by atoms with Crippen LogP contribution in [0, 0.1) is 0 Å². The first-order chi connectivity index (χ1) is 8.56. The van der Waals surface area contributed by atoms with Gasteiger partial charge in [-0.15, -0.1) is 0 Å². The normalized spacial score (nSPS) is 9.89. The molecule has 0 N–H and O–H groups in total. The van der Waals surface area contributed by atoms with Gasteiger partial charge in [0, 0.05) is 37.5 Å². The highest BCUT2D eigenvalue weighted by atomic mass is 35.5. The zero-order valence-corrected chi connectivity index (χ0v) is 13.0. The number of hydrogen-bond donors (Lipinski definition) is 0. The van der Waals surface area contributed by atoms with Crippen molar-refractivity contribution in [1.29, 1.82) is 0 Å². The van der Waals surface area contributed by atoms with E-state index in [2.05, 4.69) is 34.0 Å². The van der Waals surface area contributed by atoms with Crippen LogP contribution < -0.4 is 21.9 Å². The van der Waals surface area contributed by atoms with E-state index in [4.69, 9.17) is 23.2 Å². The van der Waals surface area contributed by atoms with E-state index in [0.717, 1.165) is 12.1 Å². The van der Waals surface area contributed by atoms with Crippen LogP contribution in [0.2, 0.25) is 10.0 Å². The molecular weight excluding hydrogens is 303 g/mol. The Kier molecular flexibility index (Phi) is 5.92. The molecule has 0 bridgehead atoms. The molecule has 2 rings (SSSR count). The zero-order valence-electron chi connectivity index (χ0n) is 10.8. The summed E-state index contributed by atoms with van der Waals surface area (Å²) >= 11 is 11.9. The van der Waals surface area contributed by atoms with Gasteiger partial charge in [0.25, 0.3) is 0 Å². The molecule has 102 valence electrons. The van der Waals surface area contributed by atoms with Gasteiger partial charge in [0.1, 0.15) is 0 Å². The van der Waals surface area contributed by atoms with Gasteiger partial charge in [-0.05, 0) is 12.1 Å². The van der Waals surface area contributed by atoms with Gasteiger partial charge >= 0.3 is 0 Å². The number of aromatic nitrogens is 1. The lowest BCUT2D eigenvalue weighted by molar-refractivity contribution is -0.688. The minimum Gasteiger partial charge on any atom is -1.00 e. The molecule has 0 radical (unpaired) electrons. The molecule has 2 nitrogen and oxygen atoms in total. The molecule has 0 aliphatic rings. The van der Waals surface area contributed by atoms with E-state index in [1.165, 1.54) is 5.69 Å². The van der Waals surface area contributed by atoms with Gasteiger partial charge in [-0.25, -0.2) is 4.57 Å². The molecule has 0 aliphatic heterocycles. The lowest BCUT2D eigenvalue weighted by Crippen LogP contribution is -3.00. The predicted molar refractivity (Wildman–Crippen MR) is 76.5 cm³/mol. The maximum atomic E-state index is 6.00. The molecular formula is C14H15Cl3N2. The Balaban J connectivity index is 0.00000180. The lowest BCUT2D eigenvalue weighted by atomic mass is 10.2. The van der Waals surface area contributed by atoms with Crippen LogP contribution in [-0.2, 0) is 6.54 Å². The quantitative estimate of drug-likeness (QED) is 0.743. The van der Waals surface area contributed by atoms with Crippen molar-refractivity contribution in [3.8, 4) is 0 Å². The Morgan fingerprint density at radius 2 is 1.63 bits per heavy atom. The fraction of sp³-hybridized carbons (Fsp3) is 0.214. The van der Waals surface area contributed by atoms with Crippen LogP contribution in [0.25, 0.3) is 0 Å². The molecule has 0 fully saturated rings. The Bertz CT molecular complexity index is 539. The fourth-order valence-electron chi connectivity index (χ4n) is 1.70. The average Bonchev–Trinajstić information content (AvgIpc) is 2.34. The third kappa shape index (κ3) is 4.27. The molecule has 1 heterocycles. The number of rotatable bonds is 3. The zero-order chi connectivity index (χ0) is 13.1. The molecule has 0 amide bonds. The van der Waals surface area contributed by atoms with Gasteiger partial charge in [-0.3, -0.25) is 0 Å². The molecule has 5 heteroatoms. The van der Waals surface area contributed by atoms with E-state index in [1.807, 2.05) is 32.3 Å². The summed E-state index contributed by atoms with van der Waals surface area (Å²) in [7, 11) is 4.05. The molecule has 19 heavy (non-hydrogen) atoms. The Labute approximate surface area is 130 Å². The lowest BCUT2D eigenvalue weighted by Gasteiger charge is -2.10. The van der Waals surface area contributed by atoms with Crippen molar-refractivity contribution in [2.45, 2.75) is 6.54 Å². The van der Waals surface area contributed by atoms with Crippen LogP contribution in [-0.4, -0.2) is 14.1 Å². The smallest absolute Gasteiger partial charge is 0.173 e. The molecule has 0 unspecified atom stereocenters. The number of anilines is 1. The first-order valence-corrected chi connectivity index (χ1v) is 6.42. The maximum absolute atomic E-state index is 6.00. The maximum Gasteiger partial charge on any atom is 0.173 e. The summed E-state index contributed by atoms with van der Waals surface area (Å²) in [6, 6.07) is 9.88. The number of benzene rings is 1. The van der Waals surface area contributed by atoms with E-state index < -0.39 is 0 Å². The van der Waals surface area contributed by atoms with Crippen molar-refractivity contribution in [2.24, 2.45) is 0 Å². The number of nitrogens with zero attached hydrogens (tertiary/aromatic N) is 2. The highest BCUT2D eigenvalue weighted by Gasteiger charge is 2.06. The summed E-state index contributed by atoms with van der Waals surface area (Å²) in [6.45, 7) is 0.782. The summed E-state index contributed by atoms with van der Waals surface area (Å²) < 4.78 is 2.10. The molecule has 0 spiro atoms. The minimum absolute atomic E-state index is 0. The first kappa shape index (κ1) is 16.1. The van der Waals surface area contributed by atoms with Crippen LogP contribution in [0.3, 0.4) is 0 Å². The van der Waals surface area contributed by atoms with Crippen molar-refractivity contribution in [3.63, 3.8) is 0 Å². The average molecular weight is 318 g/mol. The topological polar surface area (TPSA) is 7.12 Å². The first-order valence-electron chi connectivity index (χ1n) is 5.66. The standard InChI is InChI=1S/C14H15Cl2N2.ClH/c1-17(2)12-5-7-18(8-6-12)10-11-3-4-13(15)14(16)9-11;/h3-9H,10H2,1-2H3;1H/q+1;/p-1. The van der Waals surface area contributed by atoms with Gasteiger partial charge in [0.15, 0.2) is 18.9 Å². The Hall–Kier alpha value is -0.960. The van der Waals surface area contributed by atoms with Crippen molar-refractivity contribution in [2.75, 3.05) is 19.0 Å². The van der Waals surface area contributed by atoms with E-state index in [0.29, 0.717) is 10.0 Å². The van der Waals surface area contributed by atoms with Crippen LogP contribution >= 0.6 is 23.2 Å². The molecule has 2 aromatic rings. The highest BCUT2D eigenvalue weighted by Crippen LogP contribution is 2.22. The van der Waals surface area contributed by atoms with Gasteiger partial charge in [-0.1, -0.05) is 29.3 Å². The minimum atomic E-state index is 0. The van der Waals surface area contributed by atoms with Crippen molar-refractivity contribution in [3.05, 3.63) is 58.3 Å². The number of pyridine rings is 1. The molecule has 0 atom stereocenters. The summed E-state index contributed by atoms with van der Waals surface area (Å²) in [5.74, 6) is 0. The van der Waals surface area contributed by atoms with Crippen molar-refractivity contribution >= 4 is 28.9 Å². The fourth-order valence-corrected chi connectivity index (χ4v) is 2.02. The molecule has 0 saturated carbocycles. The summed E-state index contributed by atoms with van der Waals surface area (Å²) in [5.41, 5.74) is 2.31. The monoisotopic (exact) mass is 316 g/mol. The molecule has 0 saturated heterocycles. The molecule has 1 aromatic heterocycles. The third-order valence-corrected chi connectivity index (χ3v) is 3.48. The van der Waals surface area contributed by atoms with E-state index in [-0.39, 0.29) is 12.4 Å². The van der Waals surface area contributed by atoms with Gasteiger partial charge in [0.05, 0.1) is 10.0 Å². The second-order valence-corrected chi connectivity index (χ2v) is 5.19. The SMILES string of the molecule is CN(C)c1cc[n+](Cc2ccc(Cl)c(Cl)c2)cc1.[Cl-]. The van der Waals surface area contributed by atoms with Gasteiger partial charge in [-0.2, -0.15) is 0 Å². The number of hydrogen-bond acceptors (Lipinski definition) is 1.